The Kier molecular flexibility index (Phi) is 5.49. The van der Waals surface area contributed by atoms with E-state index in [0.29, 0.717) is 22.2 Å². The molecule has 8 aromatic rings. The number of imidazole rings is 1. The number of fused-ring (bicyclic) bond motifs is 4. The second-order valence-corrected chi connectivity index (χ2v) is 10.6. The molecular formula is C37H23N3O3. The van der Waals surface area contributed by atoms with E-state index in [1.165, 1.54) is 0 Å². The molecule has 6 heteroatoms. The number of para-hydroxylation sites is 2. The van der Waals surface area contributed by atoms with Gasteiger partial charge in [-0.05, 0) is 101 Å². The van der Waals surface area contributed by atoms with E-state index in [9.17, 15) is 14.7 Å². The number of rotatable bonds is 5. The van der Waals surface area contributed by atoms with Crippen molar-refractivity contribution < 1.29 is 9.90 Å². The summed E-state index contributed by atoms with van der Waals surface area (Å²) in [6, 6.07) is 43.5. The quantitative estimate of drug-likeness (QED) is 0.230. The number of carbonyl (C=O) groups is 1. The van der Waals surface area contributed by atoms with Gasteiger partial charge in [-0.15, -0.1) is 0 Å². The van der Waals surface area contributed by atoms with Crippen LogP contribution in [0.25, 0.3) is 49.5 Å². The number of hydrogen-bond donors (Lipinski definition) is 1. The molecule has 2 aromatic heterocycles. The van der Waals surface area contributed by atoms with Crippen molar-refractivity contribution in [3.63, 3.8) is 0 Å². The zero-order valence-electron chi connectivity index (χ0n) is 22.8. The van der Waals surface area contributed by atoms with Crippen molar-refractivity contribution in [3.8, 4) is 11.1 Å². The maximum atomic E-state index is 13.3. The van der Waals surface area contributed by atoms with Gasteiger partial charge in [0.2, 0.25) is 5.43 Å². The van der Waals surface area contributed by atoms with Crippen LogP contribution in [-0.4, -0.2) is 20.5 Å². The molecule has 0 aliphatic heterocycles. The number of hydrogen-bond acceptors (Lipinski definition) is 4. The molecule has 43 heavy (non-hydrogen) atoms. The second kappa shape index (κ2) is 9.53. The lowest BCUT2D eigenvalue weighted by molar-refractivity contribution is 0.0697. The summed E-state index contributed by atoms with van der Waals surface area (Å²) >= 11 is 0. The molecule has 0 amide bonds. The molecule has 0 bridgehead atoms. The van der Waals surface area contributed by atoms with Gasteiger partial charge in [-0.1, -0.05) is 54.6 Å². The third kappa shape index (κ3) is 4.00. The van der Waals surface area contributed by atoms with Crippen molar-refractivity contribution in [1.82, 2.24) is 9.38 Å². The van der Waals surface area contributed by atoms with Crippen molar-refractivity contribution >= 4 is 61.4 Å². The minimum Gasteiger partial charge on any atom is -0.478 e. The third-order valence-electron chi connectivity index (χ3n) is 8.01. The maximum absolute atomic E-state index is 13.3. The van der Waals surface area contributed by atoms with Gasteiger partial charge in [0.05, 0.1) is 16.6 Å². The Labute approximate surface area is 245 Å². The number of carboxylic acid groups (broad SMARTS) is 1. The molecule has 0 aliphatic rings. The van der Waals surface area contributed by atoms with E-state index < -0.39 is 5.97 Å². The maximum Gasteiger partial charge on any atom is 0.335 e. The van der Waals surface area contributed by atoms with Gasteiger partial charge < -0.3 is 10.0 Å². The molecule has 0 spiro atoms. The Hall–Kier alpha value is -6.01. The number of pyridine rings is 1. The number of aromatic carboxylic acids is 1. The highest BCUT2D eigenvalue weighted by atomic mass is 16.4. The van der Waals surface area contributed by atoms with Crippen LogP contribution in [0.5, 0.6) is 0 Å². The van der Waals surface area contributed by atoms with E-state index >= 15 is 0 Å². The van der Waals surface area contributed by atoms with Crippen molar-refractivity contribution in [2.45, 2.75) is 0 Å². The lowest BCUT2D eigenvalue weighted by atomic mass is 9.96. The molecule has 0 radical (unpaired) electrons. The van der Waals surface area contributed by atoms with Crippen LogP contribution in [0.15, 0.2) is 138 Å². The molecule has 0 saturated carbocycles. The summed E-state index contributed by atoms with van der Waals surface area (Å²) in [7, 11) is 0. The second-order valence-electron chi connectivity index (χ2n) is 10.6. The van der Waals surface area contributed by atoms with Gasteiger partial charge in [-0.3, -0.25) is 9.20 Å². The topological polar surface area (TPSA) is 74.9 Å². The molecule has 1 N–H and O–H groups in total. The summed E-state index contributed by atoms with van der Waals surface area (Å²) in [5, 5.41) is 12.2. The summed E-state index contributed by atoms with van der Waals surface area (Å²) in [6.45, 7) is 0. The average Bonchev–Trinajstić information content (AvgIpc) is 3.41. The number of nitrogens with zero attached hydrogens (tertiary/aromatic N) is 3. The van der Waals surface area contributed by atoms with Crippen LogP contribution in [0.2, 0.25) is 0 Å². The molecule has 6 nitrogen and oxygen atoms in total. The number of benzene rings is 6. The average molecular weight is 558 g/mol. The normalized spacial score (nSPS) is 11.5. The minimum absolute atomic E-state index is 0.108. The van der Waals surface area contributed by atoms with Gasteiger partial charge in [0.1, 0.15) is 11.2 Å². The summed E-state index contributed by atoms with van der Waals surface area (Å²) in [5.41, 5.74) is 7.70. The summed E-state index contributed by atoms with van der Waals surface area (Å²) < 4.78 is 1.84. The van der Waals surface area contributed by atoms with Gasteiger partial charge in [0.15, 0.2) is 0 Å². The first-order valence-corrected chi connectivity index (χ1v) is 13.9. The number of anilines is 3. The van der Waals surface area contributed by atoms with Crippen LogP contribution in [-0.2, 0) is 0 Å². The van der Waals surface area contributed by atoms with E-state index in [-0.39, 0.29) is 11.0 Å². The highest BCUT2D eigenvalue weighted by Crippen LogP contribution is 2.37. The van der Waals surface area contributed by atoms with E-state index in [1.807, 2.05) is 52.9 Å². The zero-order chi connectivity index (χ0) is 29.1. The first kappa shape index (κ1) is 24.8. The first-order valence-electron chi connectivity index (χ1n) is 13.9. The fraction of sp³-hybridized carbons (Fsp3) is 0. The van der Waals surface area contributed by atoms with E-state index in [4.69, 9.17) is 4.98 Å². The zero-order valence-corrected chi connectivity index (χ0v) is 22.8. The minimum atomic E-state index is -1.02. The number of aromatic nitrogens is 2. The van der Waals surface area contributed by atoms with Gasteiger partial charge in [-0.2, -0.15) is 0 Å². The summed E-state index contributed by atoms with van der Waals surface area (Å²) in [5.74, 6) is -1.02. The molecule has 0 fully saturated rings. The lowest BCUT2D eigenvalue weighted by Gasteiger charge is -2.25. The fourth-order valence-corrected chi connectivity index (χ4v) is 6.07. The van der Waals surface area contributed by atoms with E-state index in [2.05, 4.69) is 65.6 Å². The molecule has 8 rings (SSSR count). The van der Waals surface area contributed by atoms with Crippen LogP contribution < -0.4 is 10.3 Å². The van der Waals surface area contributed by atoms with Crippen molar-refractivity contribution in [2.24, 2.45) is 0 Å². The highest BCUT2D eigenvalue weighted by Gasteiger charge is 2.17. The van der Waals surface area contributed by atoms with Gasteiger partial charge in [0.25, 0.3) is 0 Å². The predicted molar refractivity (Wildman–Crippen MR) is 172 cm³/mol. The monoisotopic (exact) mass is 557 g/mol. The molecule has 0 unspecified atom stereocenters. The third-order valence-corrected chi connectivity index (χ3v) is 8.01. The molecular weight excluding hydrogens is 534 g/mol. The van der Waals surface area contributed by atoms with Gasteiger partial charge >= 0.3 is 5.97 Å². The number of carboxylic acids is 1. The smallest absolute Gasteiger partial charge is 0.335 e. The SMILES string of the molecule is O=C(O)c1ccc2c(c1)nc1cc3cc(-c4ccc(N(c5ccccc5)c5ccccc5)cc4)cc4ccc(=O)c(c43)n12. The molecule has 2 heterocycles. The summed E-state index contributed by atoms with van der Waals surface area (Å²) in [6.07, 6.45) is 0. The van der Waals surface area contributed by atoms with Gasteiger partial charge in [-0.25, -0.2) is 9.78 Å². The van der Waals surface area contributed by atoms with Crippen LogP contribution >= 0.6 is 0 Å². The summed E-state index contributed by atoms with van der Waals surface area (Å²) in [4.78, 5) is 31.8. The highest BCUT2D eigenvalue weighted by molar-refractivity contribution is 6.13. The Morgan fingerprint density at radius 3 is 1.98 bits per heavy atom. The molecule has 204 valence electrons. The molecule has 0 atom stereocenters. The Morgan fingerprint density at radius 2 is 1.30 bits per heavy atom. The van der Waals surface area contributed by atoms with E-state index in [0.717, 1.165) is 44.3 Å². The Morgan fingerprint density at radius 1 is 0.651 bits per heavy atom. The lowest BCUT2D eigenvalue weighted by Crippen LogP contribution is -2.09. The molecule has 0 aliphatic carbocycles. The van der Waals surface area contributed by atoms with Crippen LogP contribution in [0.1, 0.15) is 10.4 Å². The van der Waals surface area contributed by atoms with Crippen molar-refractivity contribution in [1.29, 1.82) is 0 Å². The Balaban J connectivity index is 1.28. The molecule has 6 aromatic carbocycles. The van der Waals surface area contributed by atoms with Crippen molar-refractivity contribution in [3.05, 3.63) is 149 Å². The van der Waals surface area contributed by atoms with Crippen LogP contribution in [0.3, 0.4) is 0 Å². The standard InChI is InChI=1S/C37H23N3O3/c41-33-18-14-24-19-26(20-27-22-34-38-31-21-25(37(42)43)13-17-32(31)40(34)36(33)35(24)27)23-11-15-30(16-12-23)39(28-7-3-1-4-8-28)29-9-5-2-6-10-29/h1-22H,(H,42,43). The van der Waals surface area contributed by atoms with Crippen LogP contribution in [0.4, 0.5) is 17.1 Å². The van der Waals surface area contributed by atoms with Gasteiger partial charge in [0, 0.05) is 22.4 Å². The predicted octanol–water partition coefficient (Wildman–Crippen LogP) is 8.43. The van der Waals surface area contributed by atoms with E-state index in [1.54, 1.807) is 24.3 Å². The van der Waals surface area contributed by atoms with Crippen LogP contribution in [0, 0.1) is 0 Å². The Bertz CT molecular complexity index is 2340. The molecule has 0 saturated heterocycles. The largest absolute Gasteiger partial charge is 0.478 e. The first-order chi connectivity index (χ1) is 21.0. The van der Waals surface area contributed by atoms with Crippen molar-refractivity contribution in [2.75, 3.05) is 4.90 Å². The fourth-order valence-electron chi connectivity index (χ4n) is 6.07.